The monoisotopic (exact) mass is 358 g/mol. The van der Waals surface area contributed by atoms with Crippen LogP contribution in [0.25, 0.3) is 0 Å². The van der Waals surface area contributed by atoms with E-state index in [1.54, 1.807) is 13.8 Å². The van der Waals surface area contributed by atoms with E-state index in [2.05, 4.69) is 33.9 Å². The van der Waals surface area contributed by atoms with Gasteiger partial charge in [0.1, 0.15) is 19.3 Å². The lowest BCUT2D eigenvalue weighted by Gasteiger charge is -1.99. The molecule has 1 atom stereocenters. The van der Waals surface area contributed by atoms with Gasteiger partial charge in [0.2, 0.25) is 0 Å². The van der Waals surface area contributed by atoms with E-state index in [1.165, 1.54) is 0 Å². The molecule has 0 saturated carbocycles. The van der Waals surface area contributed by atoms with Crippen molar-refractivity contribution in [3.05, 3.63) is 37.5 Å². The van der Waals surface area contributed by atoms with Gasteiger partial charge in [0.05, 0.1) is 19.8 Å². The zero-order chi connectivity index (χ0) is 19.7. The number of carbonyl (C=O) groups excluding carboxylic acids is 3. The van der Waals surface area contributed by atoms with E-state index in [0.717, 1.165) is 12.2 Å². The van der Waals surface area contributed by atoms with Crippen LogP contribution in [0.1, 0.15) is 13.8 Å². The molecule has 8 heteroatoms. The highest BCUT2D eigenvalue weighted by Gasteiger charge is 2.23. The van der Waals surface area contributed by atoms with Gasteiger partial charge in [-0.15, -0.1) is 0 Å². The predicted octanol–water partition coefficient (Wildman–Crippen LogP) is 0.948. The van der Waals surface area contributed by atoms with Gasteiger partial charge in [-0.1, -0.05) is 19.7 Å². The molecule has 0 bridgehead atoms. The maximum Gasteiger partial charge on any atom is 0.333 e. The third-order valence-electron chi connectivity index (χ3n) is 2.11. The summed E-state index contributed by atoms with van der Waals surface area (Å²) < 4.78 is 18.3. The fraction of sp³-hybridized carbons (Fsp3) is 0.471. The molecule has 0 spiro atoms. The molecule has 1 unspecified atom stereocenters. The van der Waals surface area contributed by atoms with Crippen LogP contribution in [0, 0.1) is 0 Å². The van der Waals surface area contributed by atoms with E-state index in [-0.39, 0.29) is 31.3 Å². The summed E-state index contributed by atoms with van der Waals surface area (Å²) in [6.45, 7) is 14.5. The van der Waals surface area contributed by atoms with Gasteiger partial charge in [-0.3, -0.25) is 0 Å². The SMILES string of the molecule is C=C(C)C(=O)OCCO.C=CC(=O)OCC.C=CC(=O)OCC1CO1. The number of rotatable bonds is 8. The first-order valence-corrected chi connectivity index (χ1v) is 7.45. The van der Waals surface area contributed by atoms with Crippen LogP contribution in [0.2, 0.25) is 0 Å². The Bertz CT molecular complexity index is 452. The molecule has 0 aliphatic carbocycles. The van der Waals surface area contributed by atoms with E-state index in [4.69, 9.17) is 9.84 Å². The normalized spacial score (nSPS) is 13.5. The molecule has 1 fully saturated rings. The van der Waals surface area contributed by atoms with Gasteiger partial charge >= 0.3 is 17.9 Å². The Balaban J connectivity index is 0. The summed E-state index contributed by atoms with van der Waals surface area (Å²) in [7, 11) is 0. The topological polar surface area (TPSA) is 112 Å². The molecular weight excluding hydrogens is 332 g/mol. The number of hydrogen-bond donors (Lipinski definition) is 1. The minimum absolute atomic E-state index is 0.0473. The lowest BCUT2D eigenvalue weighted by Crippen LogP contribution is -2.08. The Morgan fingerprint density at radius 3 is 2.00 bits per heavy atom. The summed E-state index contributed by atoms with van der Waals surface area (Å²) in [5.74, 6) is -1.20. The molecule has 1 saturated heterocycles. The van der Waals surface area contributed by atoms with Crippen LogP contribution in [0.4, 0.5) is 0 Å². The van der Waals surface area contributed by atoms with Gasteiger partial charge in [0.25, 0.3) is 0 Å². The average Bonchev–Trinajstić information content (AvgIpc) is 3.43. The summed E-state index contributed by atoms with van der Waals surface area (Å²) in [6, 6.07) is 0. The molecule has 25 heavy (non-hydrogen) atoms. The Labute approximate surface area is 147 Å². The average molecular weight is 358 g/mol. The Morgan fingerprint density at radius 2 is 1.68 bits per heavy atom. The number of epoxide rings is 1. The first-order chi connectivity index (χ1) is 11.8. The lowest BCUT2D eigenvalue weighted by molar-refractivity contribution is -0.140. The number of carbonyl (C=O) groups is 3. The highest BCUT2D eigenvalue weighted by molar-refractivity contribution is 5.86. The number of esters is 3. The smallest absolute Gasteiger partial charge is 0.333 e. The van der Waals surface area contributed by atoms with Crippen LogP contribution in [0.3, 0.4) is 0 Å². The molecule has 1 heterocycles. The van der Waals surface area contributed by atoms with Gasteiger partial charge in [-0.25, -0.2) is 14.4 Å². The first-order valence-electron chi connectivity index (χ1n) is 7.45. The number of hydrogen-bond acceptors (Lipinski definition) is 8. The van der Waals surface area contributed by atoms with Crippen molar-refractivity contribution in [2.75, 3.05) is 33.0 Å². The van der Waals surface area contributed by atoms with Gasteiger partial charge in [-0.05, 0) is 13.8 Å². The Morgan fingerprint density at radius 1 is 1.16 bits per heavy atom. The fourth-order valence-corrected chi connectivity index (χ4v) is 0.861. The molecule has 0 aromatic rings. The third kappa shape index (κ3) is 19.5. The van der Waals surface area contributed by atoms with Crippen molar-refractivity contribution in [1.29, 1.82) is 0 Å². The second kappa shape index (κ2) is 16.4. The van der Waals surface area contributed by atoms with Gasteiger partial charge in [0, 0.05) is 17.7 Å². The van der Waals surface area contributed by atoms with Crippen LogP contribution in [0.5, 0.6) is 0 Å². The van der Waals surface area contributed by atoms with Crippen molar-refractivity contribution >= 4 is 17.9 Å². The van der Waals surface area contributed by atoms with Gasteiger partial charge in [0.15, 0.2) is 0 Å². The van der Waals surface area contributed by atoms with E-state index >= 15 is 0 Å². The number of aliphatic hydroxyl groups is 1. The second-order valence-electron chi connectivity index (χ2n) is 4.39. The molecule has 1 aliphatic heterocycles. The first kappa shape index (κ1) is 24.8. The molecular formula is C17H26O8. The Kier molecular flexibility index (Phi) is 16.3. The van der Waals surface area contributed by atoms with Crippen molar-refractivity contribution in [3.63, 3.8) is 0 Å². The van der Waals surface area contributed by atoms with Gasteiger partial charge < -0.3 is 24.1 Å². The molecule has 0 radical (unpaired) electrons. The molecule has 0 amide bonds. The lowest BCUT2D eigenvalue weighted by atomic mass is 10.4. The quantitative estimate of drug-likeness (QED) is 0.295. The fourth-order valence-electron chi connectivity index (χ4n) is 0.861. The minimum atomic E-state index is -0.455. The van der Waals surface area contributed by atoms with E-state index < -0.39 is 5.97 Å². The van der Waals surface area contributed by atoms with Crippen LogP contribution >= 0.6 is 0 Å². The van der Waals surface area contributed by atoms with Crippen molar-refractivity contribution in [2.45, 2.75) is 20.0 Å². The predicted molar refractivity (Wildman–Crippen MR) is 90.6 cm³/mol. The van der Waals surface area contributed by atoms with E-state index in [9.17, 15) is 14.4 Å². The van der Waals surface area contributed by atoms with Crippen LogP contribution in [0.15, 0.2) is 37.5 Å². The molecule has 1 rings (SSSR count). The molecule has 142 valence electrons. The van der Waals surface area contributed by atoms with Crippen molar-refractivity contribution < 1.29 is 38.4 Å². The van der Waals surface area contributed by atoms with E-state index in [1.807, 2.05) is 0 Å². The second-order valence-corrected chi connectivity index (χ2v) is 4.39. The standard InChI is InChI=1S/C6H8O3.C6H10O3.C5H8O2/c1-2-6(7)9-4-5-3-8-5;1-5(2)6(8)9-4-3-7;1-3-5(6)7-4-2/h2,5H,1,3-4H2;7H,1,3-4H2,2H3;3H,1,4H2,2H3. The van der Waals surface area contributed by atoms with Crippen LogP contribution in [-0.4, -0.2) is 62.2 Å². The molecule has 8 nitrogen and oxygen atoms in total. The van der Waals surface area contributed by atoms with Crippen molar-refractivity contribution in [1.82, 2.24) is 0 Å². The highest BCUT2D eigenvalue weighted by Crippen LogP contribution is 2.08. The van der Waals surface area contributed by atoms with Crippen LogP contribution < -0.4 is 0 Å². The minimum Gasteiger partial charge on any atom is -0.463 e. The molecule has 0 aromatic heterocycles. The number of aliphatic hydroxyl groups excluding tert-OH is 1. The highest BCUT2D eigenvalue weighted by atomic mass is 16.6. The Hall–Kier alpha value is -2.45. The van der Waals surface area contributed by atoms with Crippen molar-refractivity contribution in [2.24, 2.45) is 0 Å². The number of ether oxygens (including phenoxy) is 4. The summed E-state index contributed by atoms with van der Waals surface area (Å²) in [4.78, 5) is 30.9. The summed E-state index contributed by atoms with van der Waals surface area (Å²) >= 11 is 0. The summed E-state index contributed by atoms with van der Waals surface area (Å²) in [6.07, 6.45) is 2.43. The molecule has 1 aliphatic rings. The summed E-state index contributed by atoms with van der Waals surface area (Å²) in [5.41, 5.74) is 0.350. The maximum atomic E-state index is 10.5. The van der Waals surface area contributed by atoms with Crippen molar-refractivity contribution in [3.8, 4) is 0 Å². The molecule has 0 aromatic carbocycles. The largest absolute Gasteiger partial charge is 0.463 e. The van der Waals surface area contributed by atoms with E-state index in [0.29, 0.717) is 25.4 Å². The third-order valence-corrected chi connectivity index (χ3v) is 2.11. The zero-order valence-electron chi connectivity index (χ0n) is 14.7. The summed E-state index contributed by atoms with van der Waals surface area (Å²) in [5, 5.41) is 8.19. The maximum absolute atomic E-state index is 10.5. The van der Waals surface area contributed by atoms with Crippen LogP contribution in [-0.2, 0) is 33.3 Å². The zero-order valence-corrected chi connectivity index (χ0v) is 14.7. The van der Waals surface area contributed by atoms with Gasteiger partial charge in [-0.2, -0.15) is 0 Å². The molecule has 1 N–H and O–H groups in total.